The van der Waals surface area contributed by atoms with E-state index in [1.165, 1.54) is 4.90 Å². The molecule has 12 heteroatoms. The monoisotopic (exact) mass is 515 g/mol. The van der Waals surface area contributed by atoms with Gasteiger partial charge in [0.2, 0.25) is 5.91 Å². The zero-order valence-corrected chi connectivity index (χ0v) is 20.1. The maximum atomic E-state index is 13.9. The second kappa shape index (κ2) is 10.4. The first-order valence-corrected chi connectivity index (χ1v) is 11.7. The predicted octanol–water partition coefficient (Wildman–Crippen LogP) is 1.63. The third-order valence-corrected chi connectivity index (χ3v) is 6.81. The second-order valence-electron chi connectivity index (χ2n) is 9.07. The van der Waals surface area contributed by atoms with Gasteiger partial charge in [0.05, 0.1) is 13.2 Å². The number of carbonyl (C=O) groups excluding carboxylic acids is 3. The largest absolute Gasteiger partial charge is 0.480 e. The molecule has 1 unspecified atom stereocenters. The van der Waals surface area contributed by atoms with E-state index in [1.54, 1.807) is 11.9 Å². The van der Waals surface area contributed by atoms with Crippen molar-refractivity contribution in [3.05, 3.63) is 65.7 Å². The predicted molar refractivity (Wildman–Crippen MR) is 129 cm³/mol. The number of likely N-dealkylation sites (N-methyl/N-ethyl adjacent to an activating group) is 1. The Morgan fingerprint density at radius 2 is 1.65 bits per heavy atom. The fourth-order valence-corrected chi connectivity index (χ4v) is 4.83. The first-order valence-electron chi connectivity index (χ1n) is 11.7. The van der Waals surface area contributed by atoms with Gasteiger partial charge in [-0.25, -0.2) is 18.4 Å². The van der Waals surface area contributed by atoms with Crippen molar-refractivity contribution in [1.29, 1.82) is 0 Å². The highest BCUT2D eigenvalue weighted by atomic mass is 19.1. The molecule has 2 saturated heterocycles. The van der Waals surface area contributed by atoms with Crippen molar-refractivity contribution in [2.24, 2.45) is 0 Å². The minimum atomic E-state index is -1.62. The van der Waals surface area contributed by atoms with E-state index >= 15 is 0 Å². The van der Waals surface area contributed by atoms with Crippen LogP contribution in [0.15, 0.2) is 48.5 Å². The number of benzene rings is 2. The summed E-state index contributed by atoms with van der Waals surface area (Å²) < 4.78 is 27.7. The maximum Gasteiger partial charge on any atom is 0.328 e. The quantitative estimate of drug-likeness (QED) is 0.538. The van der Waals surface area contributed by atoms with E-state index in [4.69, 9.17) is 0 Å². The number of hydrogen-bond donors (Lipinski definition) is 3. The number of aliphatic carboxylic acids is 1. The highest BCUT2D eigenvalue weighted by Gasteiger charge is 2.53. The molecule has 37 heavy (non-hydrogen) atoms. The molecule has 2 heterocycles. The third kappa shape index (κ3) is 5.04. The molecule has 2 aliphatic rings. The lowest BCUT2D eigenvalue weighted by molar-refractivity contribution is -0.139. The number of likely N-dealkylation sites (tertiary alicyclic amines) is 1. The summed E-state index contributed by atoms with van der Waals surface area (Å²) in [6, 6.07) is 10.2. The number of hydrogen-bond acceptors (Lipinski definition) is 5. The van der Waals surface area contributed by atoms with Gasteiger partial charge in [0.1, 0.15) is 28.8 Å². The molecule has 196 valence electrons. The van der Waals surface area contributed by atoms with Crippen LogP contribution in [0.2, 0.25) is 0 Å². The number of nitrogens with one attached hydrogen (secondary N) is 2. The van der Waals surface area contributed by atoms with Crippen LogP contribution in [0.1, 0.15) is 23.2 Å². The van der Waals surface area contributed by atoms with Crippen LogP contribution < -0.4 is 15.5 Å². The maximum absolute atomic E-state index is 13.9. The molecule has 4 amide bonds. The topological polar surface area (TPSA) is 122 Å². The Morgan fingerprint density at radius 3 is 2.24 bits per heavy atom. The molecule has 0 bridgehead atoms. The molecular weight excluding hydrogens is 488 g/mol. The highest BCUT2D eigenvalue weighted by Crippen LogP contribution is 2.38. The number of para-hydroxylation sites is 1. The van der Waals surface area contributed by atoms with Crippen molar-refractivity contribution in [3.63, 3.8) is 0 Å². The SMILES string of the molecule is CN1CN(c2ccccc2)C2(CCN(C(=O)NCC(NC(=O)c3c(F)cccc3F)C(=O)O)CC2)C1=O. The van der Waals surface area contributed by atoms with Gasteiger partial charge < -0.3 is 30.4 Å². The summed E-state index contributed by atoms with van der Waals surface area (Å²) in [5.74, 6) is -5.03. The van der Waals surface area contributed by atoms with Crippen molar-refractivity contribution in [1.82, 2.24) is 20.4 Å². The number of rotatable bonds is 6. The molecule has 4 rings (SSSR count). The average Bonchev–Trinajstić information content (AvgIpc) is 3.12. The van der Waals surface area contributed by atoms with Gasteiger partial charge >= 0.3 is 12.0 Å². The first kappa shape index (κ1) is 25.9. The number of nitrogens with zero attached hydrogens (tertiary/aromatic N) is 3. The fraction of sp³-hybridized carbons (Fsp3) is 0.360. The summed E-state index contributed by atoms with van der Waals surface area (Å²) in [6.07, 6.45) is 0.758. The van der Waals surface area contributed by atoms with Gasteiger partial charge in [-0.2, -0.15) is 0 Å². The van der Waals surface area contributed by atoms with E-state index in [2.05, 4.69) is 5.32 Å². The smallest absolute Gasteiger partial charge is 0.328 e. The lowest BCUT2D eigenvalue weighted by Crippen LogP contribution is -2.59. The molecule has 2 fully saturated rings. The number of piperidine rings is 1. The van der Waals surface area contributed by atoms with Crippen molar-refractivity contribution in [2.45, 2.75) is 24.4 Å². The molecule has 0 saturated carbocycles. The van der Waals surface area contributed by atoms with Crippen LogP contribution in [0.3, 0.4) is 0 Å². The van der Waals surface area contributed by atoms with E-state index in [1.807, 2.05) is 40.5 Å². The van der Waals surface area contributed by atoms with Crippen LogP contribution in [-0.2, 0) is 9.59 Å². The number of halogens is 2. The third-order valence-electron chi connectivity index (χ3n) is 6.81. The standard InChI is InChI=1S/C25H27F2N5O5/c1-30-15-32(16-6-3-2-4-7-16)25(23(30)36)10-12-31(13-11-25)24(37)28-14-19(22(34)35)29-21(33)20-17(26)8-5-9-18(20)27/h2-9,19H,10-15H2,1H3,(H,28,37)(H,29,33)(H,34,35). The Kier molecular flexibility index (Phi) is 7.28. The number of carbonyl (C=O) groups is 4. The molecule has 0 aromatic heterocycles. The van der Waals surface area contributed by atoms with E-state index < -0.39 is 53.2 Å². The average molecular weight is 516 g/mol. The number of carboxylic acids is 1. The molecule has 1 spiro atoms. The van der Waals surface area contributed by atoms with Gasteiger partial charge in [0.25, 0.3) is 5.91 Å². The Hall–Kier alpha value is -4.22. The normalized spacial score (nSPS) is 17.6. The van der Waals surface area contributed by atoms with Crippen molar-refractivity contribution < 1.29 is 33.1 Å². The van der Waals surface area contributed by atoms with Gasteiger partial charge in [-0.15, -0.1) is 0 Å². The second-order valence-corrected chi connectivity index (χ2v) is 9.07. The van der Waals surface area contributed by atoms with Crippen molar-refractivity contribution in [3.8, 4) is 0 Å². The summed E-state index contributed by atoms with van der Waals surface area (Å²) in [5, 5.41) is 13.9. The molecule has 0 aliphatic carbocycles. The Balaban J connectivity index is 1.37. The summed E-state index contributed by atoms with van der Waals surface area (Å²) in [6.45, 7) is 0.422. The van der Waals surface area contributed by atoms with Crippen molar-refractivity contribution >= 4 is 29.5 Å². The highest BCUT2D eigenvalue weighted by molar-refractivity contribution is 5.97. The van der Waals surface area contributed by atoms with Gasteiger partial charge in [0, 0.05) is 25.8 Å². The molecule has 10 nitrogen and oxygen atoms in total. The molecule has 0 radical (unpaired) electrons. The number of anilines is 1. The van der Waals surface area contributed by atoms with Gasteiger partial charge in [-0.05, 0) is 37.1 Å². The van der Waals surface area contributed by atoms with Crippen LogP contribution in [-0.4, -0.2) is 83.7 Å². The van der Waals surface area contributed by atoms with E-state index in [9.17, 15) is 33.1 Å². The summed E-state index contributed by atoms with van der Waals surface area (Å²) in [7, 11) is 1.74. The Morgan fingerprint density at radius 1 is 1.03 bits per heavy atom. The summed E-state index contributed by atoms with van der Waals surface area (Å²) in [5.41, 5.74) is -0.783. The number of carboxylic acid groups (broad SMARTS) is 1. The zero-order valence-electron chi connectivity index (χ0n) is 20.1. The van der Waals surface area contributed by atoms with Gasteiger partial charge in [0.15, 0.2) is 0 Å². The first-order chi connectivity index (χ1) is 17.6. The van der Waals surface area contributed by atoms with E-state index in [0.29, 0.717) is 19.5 Å². The van der Waals surface area contributed by atoms with Crippen LogP contribution in [0.4, 0.5) is 19.3 Å². The van der Waals surface area contributed by atoms with Crippen LogP contribution in [0.5, 0.6) is 0 Å². The molecule has 1 atom stereocenters. The number of urea groups is 1. The van der Waals surface area contributed by atoms with Crippen LogP contribution in [0.25, 0.3) is 0 Å². The lowest BCUT2D eigenvalue weighted by atomic mass is 9.85. The molecule has 2 aromatic rings. The molecule has 2 aliphatic heterocycles. The Labute approximate surface area is 211 Å². The lowest BCUT2D eigenvalue weighted by Gasteiger charge is -2.43. The van der Waals surface area contributed by atoms with Gasteiger partial charge in [-0.3, -0.25) is 9.59 Å². The zero-order chi connectivity index (χ0) is 26.7. The number of amides is 4. The fourth-order valence-electron chi connectivity index (χ4n) is 4.83. The van der Waals surface area contributed by atoms with E-state index in [0.717, 1.165) is 23.9 Å². The molecule has 3 N–H and O–H groups in total. The molecular formula is C25H27F2N5O5. The summed E-state index contributed by atoms with van der Waals surface area (Å²) >= 11 is 0. The van der Waals surface area contributed by atoms with Crippen LogP contribution >= 0.6 is 0 Å². The van der Waals surface area contributed by atoms with Crippen molar-refractivity contribution in [2.75, 3.05) is 38.3 Å². The molecule has 2 aromatic carbocycles. The minimum absolute atomic E-state index is 0.0227. The summed E-state index contributed by atoms with van der Waals surface area (Å²) in [4.78, 5) is 54.9. The van der Waals surface area contributed by atoms with E-state index in [-0.39, 0.29) is 19.0 Å². The minimum Gasteiger partial charge on any atom is -0.480 e. The van der Waals surface area contributed by atoms with Crippen LogP contribution in [0, 0.1) is 11.6 Å². The van der Waals surface area contributed by atoms with Gasteiger partial charge in [-0.1, -0.05) is 24.3 Å². The Bertz CT molecular complexity index is 1180.